The molecule has 1 aliphatic carbocycles. The van der Waals surface area contributed by atoms with Crippen molar-refractivity contribution < 1.29 is 9.53 Å². The molecule has 0 amide bonds. The van der Waals surface area contributed by atoms with E-state index in [9.17, 15) is 4.79 Å². The number of nitrogens with one attached hydrogen (secondary N) is 1. The summed E-state index contributed by atoms with van der Waals surface area (Å²) in [4.78, 5) is 14.8. The molecule has 1 aliphatic heterocycles. The molecule has 1 saturated carbocycles. The summed E-state index contributed by atoms with van der Waals surface area (Å²) < 4.78 is 5.02. The molecular formula is C16H30N2O2. The van der Waals surface area contributed by atoms with Crippen molar-refractivity contribution >= 4 is 5.97 Å². The van der Waals surface area contributed by atoms with Crippen LogP contribution in [0.4, 0.5) is 0 Å². The molecular weight excluding hydrogens is 252 g/mol. The minimum Gasteiger partial charge on any atom is -0.468 e. The van der Waals surface area contributed by atoms with Gasteiger partial charge in [0, 0.05) is 12.1 Å². The largest absolute Gasteiger partial charge is 0.468 e. The number of esters is 1. The molecule has 0 spiro atoms. The second-order valence-corrected chi connectivity index (χ2v) is 6.37. The molecule has 0 aromatic carbocycles. The summed E-state index contributed by atoms with van der Waals surface area (Å²) >= 11 is 0. The number of likely N-dealkylation sites (tertiary alicyclic amines) is 1. The Hall–Kier alpha value is -0.610. The summed E-state index contributed by atoms with van der Waals surface area (Å²) in [6, 6.07) is 1.23. The first kappa shape index (κ1) is 15.8. The highest BCUT2D eigenvalue weighted by Gasteiger charge is 2.47. The van der Waals surface area contributed by atoms with Gasteiger partial charge in [0.1, 0.15) is 5.54 Å². The molecule has 0 radical (unpaired) electrons. The Kier molecular flexibility index (Phi) is 5.44. The molecule has 0 aromatic heterocycles. The maximum absolute atomic E-state index is 12.1. The van der Waals surface area contributed by atoms with Crippen LogP contribution in [0.15, 0.2) is 0 Å². The van der Waals surface area contributed by atoms with Gasteiger partial charge in [-0.3, -0.25) is 9.69 Å². The lowest BCUT2D eigenvalue weighted by molar-refractivity contribution is -0.148. The zero-order chi connectivity index (χ0) is 14.6. The number of hydrogen-bond donors (Lipinski definition) is 1. The SMILES string of the molecule is CCC1CCCCCN1C1CCC(NC)(C(=O)OC)C1. The summed E-state index contributed by atoms with van der Waals surface area (Å²) in [5, 5.41) is 3.24. The van der Waals surface area contributed by atoms with Gasteiger partial charge >= 0.3 is 5.97 Å². The van der Waals surface area contributed by atoms with Crippen LogP contribution in [-0.2, 0) is 9.53 Å². The third-order valence-electron chi connectivity index (χ3n) is 5.41. The van der Waals surface area contributed by atoms with Crippen LogP contribution in [0.5, 0.6) is 0 Å². The Balaban J connectivity index is 2.08. The Morgan fingerprint density at radius 1 is 1.35 bits per heavy atom. The van der Waals surface area contributed by atoms with Gasteiger partial charge in [-0.05, 0) is 52.1 Å². The second-order valence-electron chi connectivity index (χ2n) is 6.37. The average Bonchev–Trinajstić information content (AvgIpc) is 2.78. The van der Waals surface area contributed by atoms with E-state index in [0.717, 1.165) is 19.3 Å². The Bertz CT molecular complexity index is 334. The maximum atomic E-state index is 12.1. The first-order valence-corrected chi connectivity index (χ1v) is 8.20. The lowest BCUT2D eigenvalue weighted by Gasteiger charge is -2.36. The van der Waals surface area contributed by atoms with Gasteiger partial charge in [-0.1, -0.05) is 19.8 Å². The van der Waals surface area contributed by atoms with E-state index in [0.29, 0.717) is 12.1 Å². The standard InChI is InChI=1S/C16H30N2O2/c1-4-13-8-6-5-7-11-18(13)14-9-10-16(12-14,17-2)15(19)20-3/h13-14,17H,4-12H2,1-3H3. The molecule has 3 atom stereocenters. The third-order valence-corrected chi connectivity index (χ3v) is 5.41. The minimum absolute atomic E-state index is 0.0922. The first-order valence-electron chi connectivity index (χ1n) is 8.20. The molecule has 0 aromatic rings. The van der Waals surface area contributed by atoms with Gasteiger partial charge in [-0.15, -0.1) is 0 Å². The number of carbonyl (C=O) groups excluding carboxylic acids is 1. The van der Waals surface area contributed by atoms with Crippen LogP contribution < -0.4 is 5.32 Å². The van der Waals surface area contributed by atoms with E-state index in [2.05, 4.69) is 17.1 Å². The van der Waals surface area contributed by atoms with Crippen LogP contribution in [0, 0.1) is 0 Å². The predicted octanol–water partition coefficient (Wildman–Crippen LogP) is 2.32. The summed E-state index contributed by atoms with van der Waals surface area (Å²) in [5.74, 6) is -0.0922. The van der Waals surface area contributed by atoms with Crippen LogP contribution >= 0.6 is 0 Å². The Morgan fingerprint density at radius 3 is 2.80 bits per heavy atom. The van der Waals surface area contributed by atoms with Gasteiger partial charge in [-0.25, -0.2) is 0 Å². The number of methoxy groups -OCH3 is 1. The fourth-order valence-corrected chi connectivity index (χ4v) is 4.13. The van der Waals surface area contributed by atoms with Crippen molar-refractivity contribution in [2.45, 2.75) is 75.9 Å². The van der Waals surface area contributed by atoms with Crippen molar-refractivity contribution in [1.82, 2.24) is 10.2 Å². The number of ether oxygens (including phenoxy) is 1. The molecule has 1 heterocycles. The van der Waals surface area contributed by atoms with Crippen LogP contribution in [0.25, 0.3) is 0 Å². The third kappa shape index (κ3) is 3.01. The van der Waals surface area contributed by atoms with E-state index in [-0.39, 0.29) is 5.97 Å². The van der Waals surface area contributed by atoms with Crippen molar-refractivity contribution in [3.05, 3.63) is 0 Å². The zero-order valence-corrected chi connectivity index (χ0v) is 13.3. The van der Waals surface area contributed by atoms with Gasteiger partial charge in [0.15, 0.2) is 0 Å². The topological polar surface area (TPSA) is 41.6 Å². The van der Waals surface area contributed by atoms with Crippen LogP contribution in [0.3, 0.4) is 0 Å². The fraction of sp³-hybridized carbons (Fsp3) is 0.938. The number of hydrogen-bond acceptors (Lipinski definition) is 4. The molecule has 3 unspecified atom stereocenters. The quantitative estimate of drug-likeness (QED) is 0.804. The molecule has 1 N–H and O–H groups in total. The van der Waals surface area contributed by atoms with Crippen LogP contribution in [-0.4, -0.2) is 49.2 Å². The van der Waals surface area contributed by atoms with Crippen molar-refractivity contribution in [3.8, 4) is 0 Å². The van der Waals surface area contributed by atoms with Gasteiger partial charge in [0.25, 0.3) is 0 Å². The van der Waals surface area contributed by atoms with Crippen molar-refractivity contribution in [2.24, 2.45) is 0 Å². The molecule has 0 bridgehead atoms. The molecule has 2 fully saturated rings. The lowest BCUT2D eigenvalue weighted by atomic mass is 9.97. The highest BCUT2D eigenvalue weighted by atomic mass is 16.5. The molecule has 20 heavy (non-hydrogen) atoms. The Morgan fingerprint density at radius 2 is 2.15 bits per heavy atom. The molecule has 116 valence electrons. The van der Waals surface area contributed by atoms with Gasteiger partial charge in [0.05, 0.1) is 7.11 Å². The van der Waals surface area contributed by atoms with Crippen LogP contribution in [0.1, 0.15) is 58.3 Å². The summed E-state index contributed by atoms with van der Waals surface area (Å²) in [7, 11) is 3.38. The highest BCUT2D eigenvalue weighted by Crippen LogP contribution is 2.36. The van der Waals surface area contributed by atoms with E-state index in [1.807, 2.05) is 7.05 Å². The lowest BCUT2D eigenvalue weighted by Crippen LogP contribution is -2.51. The van der Waals surface area contributed by atoms with E-state index in [1.54, 1.807) is 0 Å². The molecule has 4 nitrogen and oxygen atoms in total. The number of likely N-dealkylation sites (N-methyl/N-ethyl adjacent to an activating group) is 1. The minimum atomic E-state index is -0.454. The van der Waals surface area contributed by atoms with Gasteiger partial charge in [-0.2, -0.15) is 0 Å². The number of rotatable bonds is 4. The highest BCUT2D eigenvalue weighted by molar-refractivity contribution is 5.81. The fourth-order valence-electron chi connectivity index (χ4n) is 4.13. The molecule has 2 aliphatic rings. The molecule has 2 rings (SSSR count). The van der Waals surface area contributed by atoms with Gasteiger partial charge < -0.3 is 10.1 Å². The van der Waals surface area contributed by atoms with E-state index in [4.69, 9.17) is 4.74 Å². The second kappa shape index (κ2) is 6.90. The Labute approximate surface area is 123 Å². The number of nitrogens with zero attached hydrogens (tertiary/aromatic N) is 1. The normalized spacial score (nSPS) is 35.8. The van der Waals surface area contributed by atoms with Crippen LogP contribution in [0.2, 0.25) is 0 Å². The van der Waals surface area contributed by atoms with Crippen molar-refractivity contribution in [2.75, 3.05) is 20.7 Å². The maximum Gasteiger partial charge on any atom is 0.326 e. The monoisotopic (exact) mass is 282 g/mol. The summed E-state index contributed by atoms with van der Waals surface area (Å²) in [6.45, 7) is 3.49. The average molecular weight is 282 g/mol. The smallest absolute Gasteiger partial charge is 0.326 e. The van der Waals surface area contributed by atoms with Crippen molar-refractivity contribution in [3.63, 3.8) is 0 Å². The van der Waals surface area contributed by atoms with E-state index < -0.39 is 5.54 Å². The molecule has 1 saturated heterocycles. The van der Waals surface area contributed by atoms with E-state index >= 15 is 0 Å². The molecule has 4 heteroatoms. The van der Waals surface area contributed by atoms with Gasteiger partial charge in [0.2, 0.25) is 0 Å². The van der Waals surface area contributed by atoms with Crippen molar-refractivity contribution in [1.29, 1.82) is 0 Å². The first-order chi connectivity index (χ1) is 9.66. The summed E-state index contributed by atoms with van der Waals surface area (Å²) in [6.07, 6.45) is 9.45. The summed E-state index contributed by atoms with van der Waals surface area (Å²) in [5.41, 5.74) is -0.454. The zero-order valence-electron chi connectivity index (χ0n) is 13.3. The number of carbonyl (C=O) groups is 1. The predicted molar refractivity (Wildman–Crippen MR) is 80.7 cm³/mol. The van der Waals surface area contributed by atoms with E-state index in [1.165, 1.54) is 45.8 Å².